The van der Waals surface area contributed by atoms with Crippen LogP contribution in [0.4, 0.5) is 0 Å². The number of ether oxygens (including phenoxy) is 1. The second-order valence-corrected chi connectivity index (χ2v) is 5.95. The number of hydrogen-bond acceptors (Lipinski definition) is 3. The molecule has 3 N–H and O–H groups in total. The molecule has 0 saturated carbocycles. The molecule has 24 heavy (non-hydrogen) atoms. The summed E-state index contributed by atoms with van der Waals surface area (Å²) in [5.74, 6) is 0.486. The van der Waals surface area contributed by atoms with Crippen molar-refractivity contribution in [1.29, 1.82) is 0 Å². The number of amides is 1. The number of aryl methyl sites for hydroxylation is 1. The Labute approximate surface area is 153 Å². The second kappa shape index (κ2) is 9.52. The van der Waals surface area contributed by atoms with Crippen LogP contribution in [0.5, 0.6) is 5.75 Å². The molecule has 0 spiro atoms. The number of benzene rings is 2. The highest BCUT2D eigenvalue weighted by atomic mass is 35.5. The Hall–Kier alpha value is -1.75. The first-order valence-electron chi connectivity index (χ1n) is 7.48. The average Bonchev–Trinajstić information content (AvgIpc) is 2.55. The van der Waals surface area contributed by atoms with E-state index >= 15 is 0 Å². The van der Waals surface area contributed by atoms with Gasteiger partial charge in [0.1, 0.15) is 17.9 Å². The number of hydrogen-bond donors (Lipinski definition) is 2. The summed E-state index contributed by atoms with van der Waals surface area (Å²) in [6, 6.07) is 14.0. The predicted molar refractivity (Wildman–Crippen MR) is 99.9 cm³/mol. The number of nitrogens with one attached hydrogen (secondary N) is 1. The summed E-state index contributed by atoms with van der Waals surface area (Å²) in [7, 11) is 0. The first-order chi connectivity index (χ1) is 11.0. The van der Waals surface area contributed by atoms with Gasteiger partial charge in [0.25, 0.3) is 0 Å². The number of halogens is 2. The summed E-state index contributed by atoms with van der Waals surface area (Å²) in [6.45, 7) is 4.25. The quantitative estimate of drug-likeness (QED) is 0.817. The van der Waals surface area contributed by atoms with Gasteiger partial charge in [-0.3, -0.25) is 4.79 Å². The van der Waals surface area contributed by atoms with E-state index in [0.717, 1.165) is 11.1 Å². The number of nitrogens with two attached hydrogens (primary N) is 1. The maximum Gasteiger partial charge on any atom is 0.241 e. The van der Waals surface area contributed by atoms with Gasteiger partial charge in [0.15, 0.2) is 0 Å². The zero-order valence-corrected chi connectivity index (χ0v) is 15.2. The molecule has 1 amide bonds. The van der Waals surface area contributed by atoms with Gasteiger partial charge in [0.05, 0.1) is 6.54 Å². The molecule has 0 saturated heterocycles. The zero-order chi connectivity index (χ0) is 16.8. The molecule has 4 nitrogen and oxygen atoms in total. The lowest BCUT2D eigenvalue weighted by molar-refractivity contribution is -0.122. The molecule has 2 aromatic carbocycles. The molecule has 0 radical (unpaired) electrons. The Morgan fingerprint density at radius 2 is 1.75 bits per heavy atom. The van der Waals surface area contributed by atoms with Crippen LogP contribution in [0.2, 0.25) is 5.02 Å². The van der Waals surface area contributed by atoms with Crippen LogP contribution in [-0.2, 0) is 4.79 Å². The van der Waals surface area contributed by atoms with Crippen molar-refractivity contribution in [3.8, 4) is 5.75 Å². The van der Waals surface area contributed by atoms with Crippen molar-refractivity contribution in [2.45, 2.75) is 26.0 Å². The number of carbonyl (C=O) groups is 1. The summed E-state index contributed by atoms with van der Waals surface area (Å²) in [4.78, 5) is 12.1. The summed E-state index contributed by atoms with van der Waals surface area (Å²) >= 11 is 5.83. The standard InChI is InChI=1S/C18H21ClN2O2.ClH/c1-12-3-5-14(6-4-12)17(20)18(22)21-11-13(2)23-16-9-7-15(19)8-10-16;/h3-10,13,17H,11,20H2,1-2H3,(H,21,22);1H. The molecular formula is C18H22Cl2N2O2. The van der Waals surface area contributed by atoms with Crippen molar-refractivity contribution in [2.75, 3.05) is 6.54 Å². The summed E-state index contributed by atoms with van der Waals surface area (Å²) in [5, 5.41) is 3.47. The van der Waals surface area contributed by atoms with Crippen molar-refractivity contribution >= 4 is 29.9 Å². The molecule has 2 aromatic rings. The van der Waals surface area contributed by atoms with Crippen molar-refractivity contribution in [2.24, 2.45) is 5.73 Å². The summed E-state index contributed by atoms with van der Waals surface area (Å²) in [5.41, 5.74) is 7.90. The van der Waals surface area contributed by atoms with Crippen LogP contribution in [0.3, 0.4) is 0 Å². The van der Waals surface area contributed by atoms with Crippen molar-refractivity contribution in [3.63, 3.8) is 0 Å². The summed E-state index contributed by atoms with van der Waals surface area (Å²) in [6.07, 6.45) is -0.176. The van der Waals surface area contributed by atoms with Gasteiger partial charge < -0.3 is 15.8 Å². The maximum atomic E-state index is 12.1. The molecule has 0 aliphatic rings. The monoisotopic (exact) mass is 368 g/mol. The smallest absolute Gasteiger partial charge is 0.241 e. The van der Waals surface area contributed by atoms with Gasteiger partial charge in [-0.05, 0) is 43.7 Å². The Bertz CT molecular complexity index is 645. The number of rotatable bonds is 6. The molecule has 0 fully saturated rings. The third kappa shape index (κ3) is 6.04. The van der Waals surface area contributed by atoms with E-state index in [1.54, 1.807) is 24.3 Å². The minimum Gasteiger partial charge on any atom is -0.489 e. The highest BCUT2D eigenvalue weighted by molar-refractivity contribution is 6.30. The van der Waals surface area contributed by atoms with E-state index in [1.165, 1.54) is 0 Å². The molecule has 130 valence electrons. The highest BCUT2D eigenvalue weighted by Gasteiger charge is 2.16. The van der Waals surface area contributed by atoms with Gasteiger partial charge in [-0.2, -0.15) is 0 Å². The minimum absolute atomic E-state index is 0. The Morgan fingerprint density at radius 3 is 2.33 bits per heavy atom. The molecule has 0 aliphatic heterocycles. The fraction of sp³-hybridized carbons (Fsp3) is 0.278. The molecule has 2 unspecified atom stereocenters. The van der Waals surface area contributed by atoms with Crippen LogP contribution in [0.1, 0.15) is 24.1 Å². The van der Waals surface area contributed by atoms with E-state index in [-0.39, 0.29) is 24.4 Å². The van der Waals surface area contributed by atoms with Gasteiger partial charge in [-0.15, -0.1) is 12.4 Å². The number of carbonyl (C=O) groups excluding carboxylic acids is 1. The van der Waals surface area contributed by atoms with Crippen molar-refractivity contribution < 1.29 is 9.53 Å². The van der Waals surface area contributed by atoms with Crippen LogP contribution in [0.15, 0.2) is 48.5 Å². The van der Waals surface area contributed by atoms with Gasteiger partial charge in [-0.1, -0.05) is 41.4 Å². The maximum absolute atomic E-state index is 12.1. The van der Waals surface area contributed by atoms with Crippen LogP contribution in [0.25, 0.3) is 0 Å². The topological polar surface area (TPSA) is 64.4 Å². The molecule has 0 aromatic heterocycles. The molecule has 0 bridgehead atoms. The van der Waals surface area contributed by atoms with Crippen LogP contribution >= 0.6 is 24.0 Å². The van der Waals surface area contributed by atoms with Gasteiger partial charge in [0.2, 0.25) is 5.91 Å². The largest absolute Gasteiger partial charge is 0.489 e. The highest BCUT2D eigenvalue weighted by Crippen LogP contribution is 2.17. The van der Waals surface area contributed by atoms with Crippen molar-refractivity contribution in [3.05, 3.63) is 64.7 Å². The third-order valence-electron chi connectivity index (χ3n) is 3.43. The molecule has 0 heterocycles. The van der Waals surface area contributed by atoms with E-state index in [0.29, 0.717) is 17.3 Å². The van der Waals surface area contributed by atoms with E-state index < -0.39 is 6.04 Å². The first kappa shape index (κ1) is 20.3. The predicted octanol–water partition coefficient (Wildman–Crippen LogP) is 3.65. The van der Waals surface area contributed by atoms with Crippen LogP contribution in [0, 0.1) is 6.92 Å². The van der Waals surface area contributed by atoms with E-state index in [2.05, 4.69) is 5.32 Å². The SMILES string of the molecule is Cc1ccc(C(N)C(=O)NCC(C)Oc2ccc(Cl)cc2)cc1.Cl. The Morgan fingerprint density at radius 1 is 1.17 bits per heavy atom. The van der Waals surface area contributed by atoms with Crippen LogP contribution in [-0.4, -0.2) is 18.6 Å². The fourth-order valence-electron chi connectivity index (χ4n) is 2.07. The molecule has 2 rings (SSSR count). The third-order valence-corrected chi connectivity index (χ3v) is 3.69. The molecule has 2 atom stereocenters. The van der Waals surface area contributed by atoms with Crippen LogP contribution < -0.4 is 15.8 Å². The molecule has 6 heteroatoms. The van der Waals surface area contributed by atoms with Gasteiger partial charge >= 0.3 is 0 Å². The second-order valence-electron chi connectivity index (χ2n) is 5.52. The lowest BCUT2D eigenvalue weighted by atomic mass is 10.1. The fourth-order valence-corrected chi connectivity index (χ4v) is 2.19. The summed E-state index contributed by atoms with van der Waals surface area (Å²) < 4.78 is 5.71. The lowest BCUT2D eigenvalue weighted by Crippen LogP contribution is -2.39. The van der Waals surface area contributed by atoms with E-state index in [4.69, 9.17) is 22.1 Å². The van der Waals surface area contributed by atoms with E-state index in [9.17, 15) is 4.79 Å². The first-order valence-corrected chi connectivity index (χ1v) is 7.85. The minimum atomic E-state index is -0.682. The Balaban J connectivity index is 0.00000288. The Kier molecular flexibility index (Phi) is 8.05. The normalized spacial score (nSPS) is 12.7. The van der Waals surface area contributed by atoms with Crippen molar-refractivity contribution in [1.82, 2.24) is 5.32 Å². The molecular weight excluding hydrogens is 347 g/mol. The molecule has 0 aliphatic carbocycles. The van der Waals surface area contributed by atoms with Gasteiger partial charge in [-0.25, -0.2) is 0 Å². The van der Waals surface area contributed by atoms with E-state index in [1.807, 2.05) is 38.1 Å². The zero-order valence-electron chi connectivity index (χ0n) is 13.7. The average molecular weight is 369 g/mol. The lowest BCUT2D eigenvalue weighted by Gasteiger charge is -2.18. The van der Waals surface area contributed by atoms with Gasteiger partial charge in [0, 0.05) is 5.02 Å².